The van der Waals surface area contributed by atoms with Crippen molar-refractivity contribution in [1.29, 1.82) is 0 Å². The van der Waals surface area contributed by atoms with Gasteiger partial charge >= 0.3 is 0 Å². The molecule has 2 heterocycles. The van der Waals surface area contributed by atoms with Gasteiger partial charge in [0.25, 0.3) is 0 Å². The summed E-state index contributed by atoms with van der Waals surface area (Å²) in [6, 6.07) is 0. The Bertz CT molecular complexity index is 378. The summed E-state index contributed by atoms with van der Waals surface area (Å²) in [5.41, 5.74) is 0.992. The van der Waals surface area contributed by atoms with Crippen molar-refractivity contribution in [2.75, 3.05) is 18.0 Å². The van der Waals surface area contributed by atoms with Gasteiger partial charge in [0.2, 0.25) is 0 Å². The summed E-state index contributed by atoms with van der Waals surface area (Å²) < 4.78 is 0. The van der Waals surface area contributed by atoms with Crippen LogP contribution < -0.4 is 4.90 Å². The van der Waals surface area contributed by atoms with Crippen LogP contribution in [0, 0.1) is 12.8 Å². The van der Waals surface area contributed by atoms with Gasteiger partial charge in [-0.1, -0.05) is 31.1 Å². The quantitative estimate of drug-likeness (QED) is 0.909. The number of hydrogen-bond acceptors (Lipinski definition) is 4. The topological polar surface area (TPSA) is 36.4 Å². The molecule has 1 aromatic heterocycles. The molecule has 102 valence electrons. The summed E-state index contributed by atoms with van der Waals surface area (Å²) in [6.45, 7) is 6.64. The van der Waals surface area contributed by atoms with Crippen LogP contribution in [0.4, 0.5) is 5.13 Å². The van der Waals surface area contributed by atoms with Crippen molar-refractivity contribution in [1.82, 2.24) is 4.98 Å². The molecule has 0 aliphatic carbocycles. The van der Waals surface area contributed by atoms with Gasteiger partial charge in [0.15, 0.2) is 5.13 Å². The third-order valence-electron chi connectivity index (χ3n) is 3.84. The summed E-state index contributed by atoms with van der Waals surface area (Å²) in [5, 5.41) is 10.4. The Kier molecular flexibility index (Phi) is 5.01. The minimum absolute atomic E-state index is 0.121. The van der Waals surface area contributed by atoms with Gasteiger partial charge in [-0.2, -0.15) is 0 Å². The number of aryl methyl sites for hydroxylation is 1. The number of rotatable bonds is 4. The van der Waals surface area contributed by atoms with Crippen molar-refractivity contribution in [2.24, 2.45) is 5.92 Å². The lowest BCUT2D eigenvalue weighted by Crippen LogP contribution is -2.24. The van der Waals surface area contributed by atoms with Crippen molar-refractivity contribution >= 4 is 16.5 Å². The maximum atomic E-state index is 9.25. The number of aliphatic hydroxyl groups is 1. The number of hydrogen-bond donors (Lipinski definition) is 1. The second-order valence-corrected chi connectivity index (χ2v) is 6.30. The van der Waals surface area contributed by atoms with Gasteiger partial charge in [0.1, 0.15) is 0 Å². The van der Waals surface area contributed by atoms with E-state index in [1.165, 1.54) is 32.1 Å². The molecule has 0 radical (unpaired) electrons. The van der Waals surface area contributed by atoms with Crippen LogP contribution in [0.3, 0.4) is 0 Å². The van der Waals surface area contributed by atoms with Gasteiger partial charge in [-0.25, -0.2) is 4.98 Å². The number of aromatic nitrogens is 1. The van der Waals surface area contributed by atoms with E-state index in [-0.39, 0.29) is 6.61 Å². The Morgan fingerprint density at radius 3 is 2.89 bits per heavy atom. The van der Waals surface area contributed by atoms with Crippen molar-refractivity contribution in [3.63, 3.8) is 0 Å². The molecule has 1 atom stereocenters. The van der Waals surface area contributed by atoms with E-state index in [0.717, 1.165) is 34.7 Å². The average molecular weight is 268 g/mol. The third kappa shape index (κ3) is 3.23. The molecule has 18 heavy (non-hydrogen) atoms. The minimum Gasteiger partial charge on any atom is -0.391 e. The van der Waals surface area contributed by atoms with Crippen molar-refractivity contribution in [2.45, 2.75) is 52.6 Å². The van der Waals surface area contributed by atoms with E-state index in [1.54, 1.807) is 11.3 Å². The SMILES string of the molecule is CCCC1CCCN(c2nc(C)c(CO)s2)CC1. The first-order chi connectivity index (χ1) is 8.74. The van der Waals surface area contributed by atoms with Crippen LogP contribution in [-0.2, 0) is 6.61 Å². The molecule has 4 heteroatoms. The molecule has 1 aromatic rings. The van der Waals surface area contributed by atoms with Crippen LogP contribution in [0.2, 0.25) is 0 Å². The lowest BCUT2D eigenvalue weighted by Gasteiger charge is -2.19. The molecule has 0 bridgehead atoms. The van der Waals surface area contributed by atoms with Gasteiger partial charge in [0.05, 0.1) is 17.2 Å². The zero-order valence-corrected chi connectivity index (χ0v) is 12.3. The van der Waals surface area contributed by atoms with Gasteiger partial charge in [0, 0.05) is 13.1 Å². The standard InChI is InChI=1S/C14H24N2OS/c1-3-5-12-6-4-8-16(9-7-12)14-15-11(2)13(10-17)18-14/h12,17H,3-10H2,1-2H3. The third-order valence-corrected chi connectivity index (χ3v) is 5.04. The Morgan fingerprint density at radius 1 is 1.39 bits per heavy atom. The number of nitrogens with zero attached hydrogens (tertiary/aromatic N) is 2. The van der Waals surface area contributed by atoms with Crippen LogP contribution in [0.25, 0.3) is 0 Å². The van der Waals surface area contributed by atoms with E-state index in [9.17, 15) is 5.11 Å². The predicted octanol–water partition coefficient (Wildman–Crippen LogP) is 3.35. The van der Waals surface area contributed by atoms with Crippen molar-refractivity contribution in [3.8, 4) is 0 Å². The van der Waals surface area contributed by atoms with Gasteiger partial charge in [-0.15, -0.1) is 0 Å². The molecule has 1 aliphatic heterocycles. The normalized spacial score (nSPS) is 21.1. The van der Waals surface area contributed by atoms with E-state index in [4.69, 9.17) is 0 Å². The van der Waals surface area contributed by atoms with E-state index in [2.05, 4.69) is 16.8 Å². The van der Waals surface area contributed by atoms with Crippen LogP contribution in [-0.4, -0.2) is 23.2 Å². The zero-order chi connectivity index (χ0) is 13.0. The maximum absolute atomic E-state index is 9.25. The highest BCUT2D eigenvalue weighted by Gasteiger charge is 2.19. The molecule has 3 nitrogen and oxygen atoms in total. The monoisotopic (exact) mass is 268 g/mol. The van der Waals surface area contributed by atoms with Gasteiger partial charge < -0.3 is 10.0 Å². The van der Waals surface area contributed by atoms with Gasteiger partial charge in [-0.05, 0) is 32.1 Å². The van der Waals surface area contributed by atoms with E-state index in [1.807, 2.05) is 6.92 Å². The first-order valence-corrected chi connectivity index (χ1v) is 7.88. The smallest absolute Gasteiger partial charge is 0.185 e. The Morgan fingerprint density at radius 2 is 2.22 bits per heavy atom. The van der Waals surface area contributed by atoms with E-state index < -0.39 is 0 Å². The largest absolute Gasteiger partial charge is 0.391 e. The molecular weight excluding hydrogens is 244 g/mol. The molecule has 0 amide bonds. The Balaban J connectivity index is 2.00. The molecule has 0 saturated carbocycles. The summed E-state index contributed by atoms with van der Waals surface area (Å²) in [5.74, 6) is 0.901. The highest BCUT2D eigenvalue weighted by atomic mass is 32.1. The number of thiazole rings is 1. The van der Waals surface area contributed by atoms with Crippen molar-refractivity contribution in [3.05, 3.63) is 10.6 Å². The molecule has 1 fully saturated rings. The average Bonchev–Trinajstić information content (AvgIpc) is 2.59. The van der Waals surface area contributed by atoms with Crippen LogP contribution in [0.1, 0.15) is 49.6 Å². The molecule has 1 unspecified atom stereocenters. The fraction of sp³-hybridized carbons (Fsp3) is 0.786. The lowest BCUT2D eigenvalue weighted by molar-refractivity contribution is 0.284. The number of aliphatic hydroxyl groups excluding tert-OH is 1. The second-order valence-electron chi connectivity index (χ2n) is 5.24. The molecule has 1 N–H and O–H groups in total. The lowest BCUT2D eigenvalue weighted by atomic mass is 9.96. The summed E-state index contributed by atoms with van der Waals surface area (Å²) in [7, 11) is 0. The Labute approximate surface area is 114 Å². The summed E-state index contributed by atoms with van der Waals surface area (Å²) >= 11 is 1.65. The molecule has 1 saturated heterocycles. The fourth-order valence-corrected chi connectivity index (χ4v) is 3.72. The first-order valence-electron chi connectivity index (χ1n) is 7.06. The van der Waals surface area contributed by atoms with Crippen LogP contribution in [0.15, 0.2) is 0 Å². The first kappa shape index (κ1) is 13.8. The highest BCUT2D eigenvalue weighted by molar-refractivity contribution is 7.15. The van der Waals surface area contributed by atoms with Crippen LogP contribution >= 0.6 is 11.3 Å². The van der Waals surface area contributed by atoms with E-state index in [0.29, 0.717) is 0 Å². The zero-order valence-electron chi connectivity index (χ0n) is 11.5. The summed E-state index contributed by atoms with van der Waals surface area (Å²) in [4.78, 5) is 8.02. The molecule has 0 aromatic carbocycles. The number of anilines is 1. The minimum atomic E-state index is 0.121. The Hall–Kier alpha value is -0.610. The van der Waals surface area contributed by atoms with Gasteiger partial charge in [-0.3, -0.25) is 0 Å². The second kappa shape index (κ2) is 6.53. The predicted molar refractivity (Wildman–Crippen MR) is 77.2 cm³/mol. The van der Waals surface area contributed by atoms with Crippen molar-refractivity contribution < 1.29 is 5.11 Å². The summed E-state index contributed by atoms with van der Waals surface area (Å²) in [6.07, 6.45) is 6.60. The fourth-order valence-electron chi connectivity index (χ4n) is 2.75. The van der Waals surface area contributed by atoms with E-state index >= 15 is 0 Å². The molecule has 1 aliphatic rings. The molecular formula is C14H24N2OS. The molecule has 2 rings (SSSR count). The highest BCUT2D eigenvalue weighted by Crippen LogP contribution is 2.30. The molecule has 0 spiro atoms. The van der Waals surface area contributed by atoms with Crippen LogP contribution in [0.5, 0.6) is 0 Å². The maximum Gasteiger partial charge on any atom is 0.185 e.